The monoisotopic (exact) mass is 458 g/mol. The van der Waals surface area contributed by atoms with E-state index in [9.17, 15) is 9.59 Å². The molecule has 10 heteroatoms. The first-order valence-electron chi connectivity index (χ1n) is 9.38. The number of aromatic nitrogens is 2. The lowest BCUT2D eigenvalue weighted by molar-refractivity contribution is -0.116. The van der Waals surface area contributed by atoms with E-state index in [4.69, 9.17) is 9.47 Å². The molecule has 0 spiro atoms. The number of thioether (sulfide) groups is 1. The molecule has 1 heterocycles. The van der Waals surface area contributed by atoms with E-state index < -0.39 is 0 Å². The van der Waals surface area contributed by atoms with Crippen LogP contribution in [0.5, 0.6) is 11.5 Å². The van der Waals surface area contributed by atoms with Gasteiger partial charge in [0.15, 0.2) is 0 Å². The van der Waals surface area contributed by atoms with Crippen molar-refractivity contribution in [2.75, 3.05) is 26.1 Å². The van der Waals surface area contributed by atoms with Crippen LogP contribution < -0.4 is 20.1 Å². The van der Waals surface area contributed by atoms with Gasteiger partial charge in [0.1, 0.15) is 16.5 Å². The van der Waals surface area contributed by atoms with Crippen LogP contribution >= 0.6 is 23.1 Å². The molecule has 0 aliphatic rings. The van der Waals surface area contributed by atoms with Gasteiger partial charge < -0.3 is 20.1 Å². The average Bonchev–Trinajstić information content (AvgIpc) is 3.25. The van der Waals surface area contributed by atoms with Gasteiger partial charge in [0.2, 0.25) is 11.0 Å². The second kappa shape index (κ2) is 11.3. The van der Waals surface area contributed by atoms with Crippen molar-refractivity contribution < 1.29 is 19.1 Å². The highest BCUT2D eigenvalue weighted by Crippen LogP contribution is 2.25. The van der Waals surface area contributed by atoms with E-state index >= 15 is 0 Å². The summed E-state index contributed by atoms with van der Waals surface area (Å²) in [7, 11) is 3.03. The lowest BCUT2D eigenvalue weighted by atomic mass is 10.2. The Labute approximate surface area is 188 Å². The van der Waals surface area contributed by atoms with Crippen LogP contribution in [0.25, 0.3) is 0 Å². The molecule has 0 aliphatic carbocycles. The summed E-state index contributed by atoms with van der Waals surface area (Å²) in [4.78, 5) is 25.6. The molecule has 3 aromatic rings. The number of hydrogen-bond donors (Lipinski definition) is 2. The van der Waals surface area contributed by atoms with Crippen LogP contribution in [0.2, 0.25) is 0 Å². The van der Waals surface area contributed by atoms with E-state index in [0.717, 1.165) is 9.90 Å². The minimum atomic E-state index is -0.318. The molecule has 31 heavy (non-hydrogen) atoms. The van der Waals surface area contributed by atoms with Crippen molar-refractivity contribution in [2.24, 2.45) is 0 Å². The standard InChI is InChI=1S/C21H22N4O4S2/c1-28-15-10-14(11-16(12-15)29-2)20(27)22-9-8-18(26)23-21-25-24-19(31-21)13-30-17-6-4-3-5-7-17/h3-7,10-12H,8-9,13H2,1-2H3,(H,22,27)(H,23,25,26). The molecule has 3 rings (SSSR count). The Hall–Kier alpha value is -3.11. The lowest BCUT2D eigenvalue weighted by Gasteiger charge is -2.09. The molecular formula is C21H22N4O4S2. The Morgan fingerprint density at radius 2 is 1.74 bits per heavy atom. The van der Waals surface area contributed by atoms with E-state index in [1.165, 1.54) is 25.6 Å². The van der Waals surface area contributed by atoms with E-state index in [1.54, 1.807) is 30.0 Å². The van der Waals surface area contributed by atoms with Gasteiger partial charge in [0, 0.05) is 29.5 Å². The number of nitrogens with one attached hydrogen (secondary N) is 2. The highest BCUT2D eigenvalue weighted by Gasteiger charge is 2.12. The molecule has 0 aliphatic heterocycles. The number of benzene rings is 2. The molecule has 0 unspecified atom stereocenters. The first kappa shape index (κ1) is 22.6. The summed E-state index contributed by atoms with van der Waals surface area (Å²) in [6, 6.07) is 14.9. The number of amides is 2. The molecule has 2 amide bonds. The van der Waals surface area contributed by atoms with Crippen molar-refractivity contribution in [3.8, 4) is 11.5 Å². The van der Waals surface area contributed by atoms with Gasteiger partial charge in [-0.15, -0.1) is 22.0 Å². The lowest BCUT2D eigenvalue weighted by Crippen LogP contribution is -2.27. The summed E-state index contributed by atoms with van der Waals surface area (Å²) >= 11 is 2.99. The first-order chi connectivity index (χ1) is 15.1. The molecule has 1 aromatic heterocycles. The number of methoxy groups -OCH3 is 2. The maximum Gasteiger partial charge on any atom is 0.251 e. The van der Waals surface area contributed by atoms with E-state index in [-0.39, 0.29) is 24.8 Å². The Morgan fingerprint density at radius 3 is 2.42 bits per heavy atom. The first-order valence-corrected chi connectivity index (χ1v) is 11.2. The van der Waals surface area contributed by atoms with Gasteiger partial charge in [0.25, 0.3) is 5.91 Å². The quantitative estimate of drug-likeness (QED) is 0.448. The van der Waals surface area contributed by atoms with Crippen molar-refractivity contribution in [2.45, 2.75) is 17.1 Å². The third kappa shape index (κ3) is 6.97. The van der Waals surface area contributed by atoms with E-state index in [2.05, 4.69) is 20.8 Å². The second-order valence-electron chi connectivity index (χ2n) is 6.26. The van der Waals surface area contributed by atoms with Gasteiger partial charge in [-0.05, 0) is 24.3 Å². The fourth-order valence-electron chi connectivity index (χ4n) is 2.54. The predicted octanol–water partition coefficient (Wildman–Crippen LogP) is 3.61. The highest BCUT2D eigenvalue weighted by atomic mass is 32.2. The number of nitrogens with zero attached hydrogens (tertiary/aromatic N) is 2. The minimum absolute atomic E-state index is 0.112. The maximum absolute atomic E-state index is 12.3. The molecule has 2 N–H and O–H groups in total. The van der Waals surface area contributed by atoms with Crippen molar-refractivity contribution in [1.82, 2.24) is 15.5 Å². The molecule has 0 saturated heterocycles. The molecule has 162 valence electrons. The molecule has 0 radical (unpaired) electrons. The zero-order valence-corrected chi connectivity index (χ0v) is 18.7. The second-order valence-corrected chi connectivity index (χ2v) is 8.37. The normalized spacial score (nSPS) is 10.4. The molecule has 0 fully saturated rings. The fraction of sp³-hybridized carbons (Fsp3) is 0.238. The molecule has 0 saturated carbocycles. The number of carbonyl (C=O) groups excluding carboxylic acids is 2. The Bertz CT molecular complexity index is 1000. The molecule has 0 bridgehead atoms. The van der Waals surface area contributed by atoms with Gasteiger partial charge in [-0.1, -0.05) is 29.5 Å². The van der Waals surface area contributed by atoms with E-state index in [1.807, 2.05) is 30.3 Å². The van der Waals surface area contributed by atoms with Gasteiger partial charge in [-0.2, -0.15) is 0 Å². The minimum Gasteiger partial charge on any atom is -0.497 e. The predicted molar refractivity (Wildman–Crippen MR) is 121 cm³/mol. The number of anilines is 1. The van der Waals surface area contributed by atoms with Crippen molar-refractivity contribution >= 4 is 40.0 Å². The summed E-state index contributed by atoms with van der Waals surface area (Å²) in [5.41, 5.74) is 0.390. The number of rotatable bonds is 10. The van der Waals surface area contributed by atoms with Crippen molar-refractivity contribution in [3.63, 3.8) is 0 Å². The Morgan fingerprint density at radius 1 is 1.03 bits per heavy atom. The Balaban J connectivity index is 1.43. The fourth-order valence-corrected chi connectivity index (χ4v) is 4.20. The summed E-state index contributed by atoms with van der Waals surface area (Å²) < 4.78 is 10.3. The van der Waals surface area contributed by atoms with Gasteiger partial charge in [-0.25, -0.2) is 0 Å². The van der Waals surface area contributed by atoms with Crippen LogP contribution in [0.3, 0.4) is 0 Å². The topological polar surface area (TPSA) is 102 Å². The van der Waals surface area contributed by atoms with Crippen molar-refractivity contribution in [1.29, 1.82) is 0 Å². The van der Waals surface area contributed by atoms with Crippen molar-refractivity contribution in [3.05, 3.63) is 59.1 Å². The zero-order valence-electron chi connectivity index (χ0n) is 17.1. The summed E-state index contributed by atoms with van der Waals surface area (Å²) in [5.74, 6) is 1.14. The average molecular weight is 459 g/mol. The summed E-state index contributed by atoms with van der Waals surface area (Å²) in [6.07, 6.45) is 0.112. The Kier molecular flexibility index (Phi) is 8.25. The van der Waals surface area contributed by atoms with Gasteiger partial charge in [-0.3, -0.25) is 9.59 Å². The maximum atomic E-state index is 12.3. The van der Waals surface area contributed by atoms with Gasteiger partial charge in [0.05, 0.1) is 20.0 Å². The highest BCUT2D eigenvalue weighted by molar-refractivity contribution is 7.98. The smallest absolute Gasteiger partial charge is 0.251 e. The van der Waals surface area contributed by atoms with E-state index in [0.29, 0.717) is 27.9 Å². The number of hydrogen-bond acceptors (Lipinski definition) is 8. The number of carbonyl (C=O) groups is 2. The number of ether oxygens (including phenoxy) is 2. The largest absolute Gasteiger partial charge is 0.497 e. The third-order valence-corrected chi connectivity index (χ3v) is 6.11. The third-order valence-electron chi connectivity index (χ3n) is 4.07. The summed E-state index contributed by atoms with van der Waals surface area (Å²) in [6.45, 7) is 0.180. The van der Waals surface area contributed by atoms with Crippen LogP contribution in [0.15, 0.2) is 53.4 Å². The SMILES string of the molecule is COc1cc(OC)cc(C(=O)NCCC(=O)Nc2nnc(CSc3ccccc3)s2)c1. The van der Waals surface area contributed by atoms with Crippen LogP contribution in [-0.2, 0) is 10.5 Å². The molecule has 8 nitrogen and oxygen atoms in total. The molecular weight excluding hydrogens is 436 g/mol. The van der Waals surface area contributed by atoms with Crippen LogP contribution in [0.1, 0.15) is 21.8 Å². The van der Waals surface area contributed by atoms with Gasteiger partial charge >= 0.3 is 0 Å². The van der Waals surface area contributed by atoms with Crippen LogP contribution in [-0.4, -0.2) is 42.8 Å². The molecule has 2 aromatic carbocycles. The molecule has 0 atom stereocenters. The summed E-state index contributed by atoms with van der Waals surface area (Å²) in [5, 5.41) is 14.8. The van der Waals surface area contributed by atoms with Crippen LogP contribution in [0.4, 0.5) is 5.13 Å². The zero-order chi connectivity index (χ0) is 22.1. The van der Waals surface area contributed by atoms with Crippen LogP contribution in [0, 0.1) is 0 Å².